The molecule has 0 spiro atoms. The van der Waals surface area contributed by atoms with E-state index in [1.54, 1.807) is 14.0 Å². The van der Waals surface area contributed by atoms with Gasteiger partial charge in [0, 0.05) is 19.6 Å². The third kappa shape index (κ3) is 1.90. The normalized spacial score (nSPS) is 45.8. The van der Waals surface area contributed by atoms with Gasteiger partial charge in [0.25, 0.3) is 0 Å². The molecule has 0 aromatic carbocycles. The first kappa shape index (κ1) is 8.93. The zero-order chi connectivity index (χ0) is 8.43. The Hall–Kier alpha value is -0.160. The van der Waals surface area contributed by atoms with Crippen LogP contribution >= 0.6 is 0 Å². The van der Waals surface area contributed by atoms with Crippen molar-refractivity contribution in [2.24, 2.45) is 5.73 Å². The van der Waals surface area contributed by atoms with E-state index in [1.807, 2.05) is 0 Å². The summed E-state index contributed by atoms with van der Waals surface area (Å²) in [5.74, 6) is 0. The molecule has 0 bridgehead atoms. The third-order valence-corrected chi connectivity index (χ3v) is 2.01. The van der Waals surface area contributed by atoms with Gasteiger partial charge < -0.3 is 20.3 Å². The van der Waals surface area contributed by atoms with Crippen LogP contribution in [0.2, 0.25) is 0 Å². The maximum Gasteiger partial charge on any atom is 0.159 e. The van der Waals surface area contributed by atoms with Gasteiger partial charge in [-0.05, 0) is 6.92 Å². The van der Waals surface area contributed by atoms with Crippen LogP contribution < -0.4 is 5.73 Å². The molecule has 1 heterocycles. The molecule has 0 unspecified atom stereocenters. The largest absolute Gasteiger partial charge is 0.389 e. The highest BCUT2D eigenvalue weighted by molar-refractivity contribution is 4.82. The molecule has 4 nitrogen and oxygen atoms in total. The van der Waals surface area contributed by atoms with Crippen LogP contribution in [0.1, 0.15) is 13.3 Å². The Bertz CT molecular complexity index is 119. The molecule has 66 valence electrons. The van der Waals surface area contributed by atoms with Gasteiger partial charge in [-0.15, -0.1) is 0 Å². The van der Waals surface area contributed by atoms with Crippen molar-refractivity contribution in [1.29, 1.82) is 0 Å². The van der Waals surface area contributed by atoms with E-state index in [4.69, 9.17) is 15.2 Å². The molecule has 4 heteroatoms. The summed E-state index contributed by atoms with van der Waals surface area (Å²) >= 11 is 0. The first-order valence-electron chi connectivity index (χ1n) is 3.77. The average Bonchev–Trinajstić information content (AvgIpc) is 1.99. The van der Waals surface area contributed by atoms with Crippen molar-refractivity contribution in [3.63, 3.8) is 0 Å². The van der Waals surface area contributed by atoms with Gasteiger partial charge in [0.2, 0.25) is 0 Å². The van der Waals surface area contributed by atoms with Crippen molar-refractivity contribution in [3.05, 3.63) is 0 Å². The van der Waals surface area contributed by atoms with Crippen molar-refractivity contribution in [2.45, 2.75) is 37.9 Å². The lowest BCUT2D eigenvalue weighted by Gasteiger charge is -2.35. The molecular weight excluding hydrogens is 146 g/mol. The Balaban J connectivity index is 2.47. The second-order valence-corrected chi connectivity index (χ2v) is 2.90. The highest BCUT2D eigenvalue weighted by Gasteiger charge is 2.32. The molecule has 0 saturated carbocycles. The SMILES string of the molecule is CO[C@H]1C[C@H](N)[C@H](O)[C@@H](C)O1. The van der Waals surface area contributed by atoms with E-state index >= 15 is 0 Å². The fraction of sp³-hybridized carbons (Fsp3) is 1.00. The van der Waals surface area contributed by atoms with Gasteiger partial charge in [-0.3, -0.25) is 0 Å². The van der Waals surface area contributed by atoms with Crippen molar-refractivity contribution in [2.75, 3.05) is 7.11 Å². The molecule has 1 rings (SSSR count). The summed E-state index contributed by atoms with van der Waals surface area (Å²) in [5.41, 5.74) is 5.62. The van der Waals surface area contributed by atoms with E-state index in [2.05, 4.69) is 0 Å². The molecule has 11 heavy (non-hydrogen) atoms. The van der Waals surface area contributed by atoms with Crippen molar-refractivity contribution >= 4 is 0 Å². The topological polar surface area (TPSA) is 64.7 Å². The van der Waals surface area contributed by atoms with Gasteiger partial charge in [0.15, 0.2) is 6.29 Å². The van der Waals surface area contributed by atoms with Crippen LogP contribution in [0.25, 0.3) is 0 Å². The fourth-order valence-corrected chi connectivity index (χ4v) is 1.24. The number of nitrogens with two attached hydrogens (primary N) is 1. The Morgan fingerprint density at radius 1 is 1.64 bits per heavy atom. The van der Waals surface area contributed by atoms with Gasteiger partial charge in [-0.25, -0.2) is 0 Å². The zero-order valence-corrected chi connectivity index (χ0v) is 6.86. The maximum atomic E-state index is 9.35. The molecule has 1 saturated heterocycles. The lowest BCUT2D eigenvalue weighted by Crippen LogP contribution is -2.51. The van der Waals surface area contributed by atoms with Gasteiger partial charge in [-0.1, -0.05) is 0 Å². The summed E-state index contributed by atoms with van der Waals surface area (Å²) in [6.45, 7) is 1.79. The zero-order valence-electron chi connectivity index (χ0n) is 6.86. The number of hydrogen-bond donors (Lipinski definition) is 2. The van der Waals surface area contributed by atoms with Crippen LogP contribution in [0.4, 0.5) is 0 Å². The van der Waals surface area contributed by atoms with Gasteiger partial charge in [-0.2, -0.15) is 0 Å². The van der Waals surface area contributed by atoms with E-state index < -0.39 is 6.10 Å². The molecular formula is C7H15NO3. The van der Waals surface area contributed by atoms with E-state index in [1.165, 1.54) is 0 Å². The minimum atomic E-state index is -0.568. The summed E-state index contributed by atoms with van der Waals surface area (Å²) in [6.07, 6.45) is -0.504. The van der Waals surface area contributed by atoms with E-state index in [9.17, 15) is 5.11 Å². The summed E-state index contributed by atoms with van der Waals surface area (Å²) in [7, 11) is 1.57. The molecule has 1 aliphatic heterocycles. The standard InChI is InChI=1S/C7H15NO3/c1-4-7(9)5(8)3-6(10-2)11-4/h4-7,9H,3,8H2,1-2H3/t4-,5+,6-,7-/m1/s1. The predicted octanol–water partition coefficient (Wildman–Crippen LogP) is -0.544. The Morgan fingerprint density at radius 3 is 2.73 bits per heavy atom. The molecule has 4 atom stereocenters. The van der Waals surface area contributed by atoms with Crippen LogP contribution in [0.3, 0.4) is 0 Å². The average molecular weight is 161 g/mol. The second kappa shape index (κ2) is 3.49. The molecule has 0 aromatic heterocycles. The summed E-state index contributed by atoms with van der Waals surface area (Å²) in [4.78, 5) is 0. The molecule has 1 aliphatic rings. The minimum absolute atomic E-state index is 0.233. The Labute approximate surface area is 66.3 Å². The van der Waals surface area contributed by atoms with Crippen LogP contribution in [0.15, 0.2) is 0 Å². The molecule has 0 aliphatic carbocycles. The molecule has 0 radical (unpaired) electrons. The van der Waals surface area contributed by atoms with E-state index in [-0.39, 0.29) is 18.4 Å². The quantitative estimate of drug-likeness (QED) is 0.542. The molecule has 0 aromatic rings. The first-order valence-corrected chi connectivity index (χ1v) is 3.77. The maximum absolute atomic E-state index is 9.35. The van der Waals surface area contributed by atoms with Crippen LogP contribution in [-0.4, -0.2) is 36.8 Å². The second-order valence-electron chi connectivity index (χ2n) is 2.90. The van der Waals surface area contributed by atoms with Crippen LogP contribution in [-0.2, 0) is 9.47 Å². The van der Waals surface area contributed by atoms with Crippen molar-refractivity contribution in [3.8, 4) is 0 Å². The van der Waals surface area contributed by atoms with Gasteiger partial charge in [0.1, 0.15) is 0 Å². The highest BCUT2D eigenvalue weighted by atomic mass is 16.7. The highest BCUT2D eigenvalue weighted by Crippen LogP contribution is 2.18. The van der Waals surface area contributed by atoms with Crippen LogP contribution in [0.5, 0.6) is 0 Å². The third-order valence-electron chi connectivity index (χ3n) is 2.01. The van der Waals surface area contributed by atoms with Crippen LogP contribution in [0, 0.1) is 0 Å². The van der Waals surface area contributed by atoms with E-state index in [0.29, 0.717) is 6.42 Å². The minimum Gasteiger partial charge on any atom is -0.389 e. The first-order chi connectivity index (χ1) is 5.15. The summed E-state index contributed by atoms with van der Waals surface area (Å²) < 4.78 is 10.2. The lowest BCUT2D eigenvalue weighted by atomic mass is 10.0. The number of methoxy groups -OCH3 is 1. The lowest BCUT2D eigenvalue weighted by molar-refractivity contribution is -0.211. The number of ether oxygens (including phenoxy) is 2. The predicted molar refractivity (Wildman–Crippen MR) is 39.9 cm³/mol. The van der Waals surface area contributed by atoms with E-state index in [0.717, 1.165) is 0 Å². The van der Waals surface area contributed by atoms with Crippen molar-refractivity contribution < 1.29 is 14.6 Å². The summed E-state index contributed by atoms with van der Waals surface area (Å²) in [6, 6.07) is -0.233. The van der Waals surface area contributed by atoms with Gasteiger partial charge in [0.05, 0.1) is 12.2 Å². The summed E-state index contributed by atoms with van der Waals surface area (Å²) in [5, 5.41) is 9.35. The molecule has 1 fully saturated rings. The number of rotatable bonds is 1. The number of aliphatic hydroxyl groups excluding tert-OH is 1. The monoisotopic (exact) mass is 161 g/mol. The number of aliphatic hydroxyl groups is 1. The Kier molecular flexibility index (Phi) is 2.84. The smallest absolute Gasteiger partial charge is 0.159 e. The fourth-order valence-electron chi connectivity index (χ4n) is 1.24. The molecule has 3 N–H and O–H groups in total. The molecule has 0 amide bonds. The number of hydrogen-bond acceptors (Lipinski definition) is 4. The Morgan fingerprint density at radius 2 is 2.27 bits per heavy atom. The van der Waals surface area contributed by atoms with Gasteiger partial charge >= 0.3 is 0 Å². The van der Waals surface area contributed by atoms with Crippen molar-refractivity contribution in [1.82, 2.24) is 0 Å².